The molecule has 1 atom stereocenters. The van der Waals surface area contributed by atoms with Crippen LogP contribution in [0.5, 0.6) is 5.88 Å². The highest BCUT2D eigenvalue weighted by atomic mass is 16.5. The molecule has 5 heteroatoms. The molecule has 0 unspecified atom stereocenters. The van der Waals surface area contributed by atoms with Crippen LogP contribution in [0.3, 0.4) is 0 Å². The molecule has 0 saturated heterocycles. The lowest BCUT2D eigenvalue weighted by molar-refractivity contribution is -0.142. The molecule has 1 aromatic rings. The Kier molecular flexibility index (Phi) is 6.60. The average molecular weight is 334 g/mol. The molecule has 0 aromatic carbocycles. The molecule has 1 amide bonds. The summed E-state index contributed by atoms with van der Waals surface area (Å²) in [6.45, 7) is 9.22. The molecule has 0 aliphatic heterocycles. The van der Waals surface area contributed by atoms with Gasteiger partial charge in [0, 0.05) is 12.7 Å². The van der Waals surface area contributed by atoms with E-state index in [2.05, 4.69) is 24.1 Å². The maximum Gasteiger partial charge on any atom is 0.256 e. The minimum atomic E-state index is -0.751. The second-order valence-corrected chi connectivity index (χ2v) is 6.67. The Morgan fingerprint density at radius 1 is 1.29 bits per heavy atom. The fraction of sp³-hybridized carbons (Fsp3) is 0.684. The van der Waals surface area contributed by atoms with Crippen LogP contribution >= 0.6 is 0 Å². The van der Waals surface area contributed by atoms with E-state index in [1.807, 2.05) is 19.9 Å². The topological polar surface area (TPSA) is 60.5 Å². The van der Waals surface area contributed by atoms with E-state index in [0.29, 0.717) is 25.0 Å². The first kappa shape index (κ1) is 18.7. The van der Waals surface area contributed by atoms with E-state index < -0.39 is 5.60 Å². The van der Waals surface area contributed by atoms with Gasteiger partial charge in [-0.2, -0.15) is 0 Å². The average Bonchev–Trinajstić information content (AvgIpc) is 3.40. The smallest absolute Gasteiger partial charge is 0.256 e. The van der Waals surface area contributed by atoms with E-state index in [0.717, 1.165) is 43.5 Å². The van der Waals surface area contributed by atoms with Crippen LogP contribution in [0.4, 0.5) is 5.69 Å². The van der Waals surface area contributed by atoms with Crippen LogP contribution in [0.25, 0.3) is 0 Å². The summed E-state index contributed by atoms with van der Waals surface area (Å²) in [5.74, 6) is 0.836. The quantitative estimate of drug-likeness (QED) is 0.654. The van der Waals surface area contributed by atoms with Crippen molar-refractivity contribution in [1.29, 1.82) is 0 Å². The first-order valence-corrected chi connectivity index (χ1v) is 9.07. The third kappa shape index (κ3) is 4.69. The summed E-state index contributed by atoms with van der Waals surface area (Å²) in [6, 6.07) is 3.66. The molecule has 0 spiro atoms. The highest BCUT2D eigenvalue weighted by Gasteiger charge is 2.48. The van der Waals surface area contributed by atoms with Crippen LogP contribution in [0, 0.1) is 12.8 Å². The Morgan fingerprint density at radius 2 is 2.04 bits per heavy atom. The third-order valence-corrected chi connectivity index (χ3v) is 4.47. The molecule has 24 heavy (non-hydrogen) atoms. The van der Waals surface area contributed by atoms with Crippen LogP contribution in [-0.4, -0.2) is 29.7 Å². The first-order chi connectivity index (χ1) is 11.5. The predicted octanol–water partition coefficient (Wildman–Crippen LogP) is 4.10. The van der Waals surface area contributed by atoms with Crippen LogP contribution in [0.2, 0.25) is 0 Å². The molecule has 2 rings (SSSR count). The number of carbonyl (C=O) groups excluding carboxylic acids is 1. The van der Waals surface area contributed by atoms with Gasteiger partial charge in [-0.15, -0.1) is 0 Å². The number of nitrogens with one attached hydrogen (secondary N) is 1. The van der Waals surface area contributed by atoms with E-state index in [-0.39, 0.29) is 5.91 Å². The van der Waals surface area contributed by atoms with E-state index in [4.69, 9.17) is 9.47 Å². The summed E-state index contributed by atoms with van der Waals surface area (Å²) < 4.78 is 11.5. The predicted molar refractivity (Wildman–Crippen MR) is 95.4 cm³/mol. The standard InChI is InChI=1S/C19H30N2O3/c1-5-7-13-23-17-11-10-16(14(3)20-17)21-18(22)19(4,15-8-9-15)24-12-6-2/h10-11,15H,5-9,12-13H2,1-4H3,(H,21,22)/t19-/m0/s1. The van der Waals surface area contributed by atoms with Gasteiger partial charge in [0.1, 0.15) is 5.60 Å². The van der Waals surface area contributed by atoms with E-state index >= 15 is 0 Å². The van der Waals surface area contributed by atoms with Gasteiger partial charge in [-0.05, 0) is 51.5 Å². The van der Waals surface area contributed by atoms with E-state index in [1.54, 1.807) is 6.07 Å². The van der Waals surface area contributed by atoms with Crippen LogP contribution < -0.4 is 10.1 Å². The van der Waals surface area contributed by atoms with Crippen molar-refractivity contribution in [3.63, 3.8) is 0 Å². The molecule has 1 N–H and O–H groups in total. The van der Waals surface area contributed by atoms with Crippen LogP contribution in [0.15, 0.2) is 12.1 Å². The van der Waals surface area contributed by atoms with Gasteiger partial charge in [-0.25, -0.2) is 4.98 Å². The summed E-state index contributed by atoms with van der Waals surface area (Å²) in [7, 11) is 0. The Morgan fingerprint density at radius 3 is 2.62 bits per heavy atom. The maximum absolute atomic E-state index is 12.8. The molecular weight excluding hydrogens is 304 g/mol. The van der Waals surface area contributed by atoms with Crippen molar-refractivity contribution >= 4 is 11.6 Å². The van der Waals surface area contributed by atoms with Gasteiger partial charge in [0.15, 0.2) is 0 Å². The number of anilines is 1. The van der Waals surface area contributed by atoms with Gasteiger partial charge in [-0.1, -0.05) is 20.3 Å². The molecule has 0 radical (unpaired) electrons. The fourth-order valence-corrected chi connectivity index (χ4v) is 2.64. The number of aromatic nitrogens is 1. The zero-order valence-electron chi connectivity index (χ0n) is 15.4. The number of amides is 1. The molecule has 1 aliphatic carbocycles. The number of aryl methyl sites for hydroxylation is 1. The molecule has 0 bridgehead atoms. The lowest BCUT2D eigenvalue weighted by Gasteiger charge is -2.29. The van der Waals surface area contributed by atoms with Crippen molar-refractivity contribution in [2.24, 2.45) is 5.92 Å². The summed E-state index contributed by atoms with van der Waals surface area (Å²) in [5, 5.41) is 2.99. The van der Waals surface area contributed by atoms with Crippen molar-refractivity contribution < 1.29 is 14.3 Å². The number of carbonyl (C=O) groups is 1. The van der Waals surface area contributed by atoms with Crippen molar-refractivity contribution in [3.05, 3.63) is 17.8 Å². The number of pyridine rings is 1. The number of unbranched alkanes of at least 4 members (excludes halogenated alkanes) is 1. The Balaban J connectivity index is 2.02. The molecule has 134 valence electrons. The summed E-state index contributed by atoms with van der Waals surface area (Å²) >= 11 is 0. The second kappa shape index (κ2) is 8.47. The monoisotopic (exact) mass is 334 g/mol. The zero-order chi connectivity index (χ0) is 17.6. The molecule has 1 aliphatic rings. The van der Waals surface area contributed by atoms with Crippen LogP contribution in [-0.2, 0) is 9.53 Å². The Bertz CT molecular complexity index is 558. The van der Waals surface area contributed by atoms with E-state index in [1.165, 1.54) is 0 Å². The minimum absolute atomic E-state index is 0.0806. The van der Waals surface area contributed by atoms with Crippen molar-refractivity contribution in [2.75, 3.05) is 18.5 Å². The first-order valence-electron chi connectivity index (χ1n) is 9.07. The highest BCUT2D eigenvalue weighted by molar-refractivity contribution is 5.98. The minimum Gasteiger partial charge on any atom is -0.478 e. The normalized spacial score (nSPS) is 16.5. The number of nitrogens with zero attached hydrogens (tertiary/aromatic N) is 1. The number of ether oxygens (including phenoxy) is 2. The zero-order valence-corrected chi connectivity index (χ0v) is 15.4. The molecule has 1 aromatic heterocycles. The summed E-state index contributed by atoms with van der Waals surface area (Å²) in [6.07, 6.45) is 5.10. The molecular formula is C19H30N2O3. The number of rotatable bonds is 10. The van der Waals surface area contributed by atoms with Gasteiger partial charge in [0.05, 0.1) is 18.0 Å². The third-order valence-electron chi connectivity index (χ3n) is 4.47. The van der Waals surface area contributed by atoms with Crippen molar-refractivity contribution in [1.82, 2.24) is 4.98 Å². The maximum atomic E-state index is 12.8. The van der Waals surface area contributed by atoms with E-state index in [9.17, 15) is 4.79 Å². The molecule has 1 heterocycles. The lowest BCUT2D eigenvalue weighted by Crippen LogP contribution is -2.45. The largest absolute Gasteiger partial charge is 0.478 e. The molecule has 1 saturated carbocycles. The summed E-state index contributed by atoms with van der Waals surface area (Å²) in [5.41, 5.74) is 0.722. The van der Waals surface area contributed by atoms with Crippen molar-refractivity contribution in [2.45, 2.75) is 65.4 Å². The van der Waals surface area contributed by atoms with Gasteiger partial charge in [-0.3, -0.25) is 4.79 Å². The fourth-order valence-electron chi connectivity index (χ4n) is 2.64. The van der Waals surface area contributed by atoms with Gasteiger partial charge in [0.25, 0.3) is 5.91 Å². The number of hydrogen-bond acceptors (Lipinski definition) is 4. The molecule has 1 fully saturated rings. The van der Waals surface area contributed by atoms with Crippen molar-refractivity contribution in [3.8, 4) is 5.88 Å². The lowest BCUT2D eigenvalue weighted by atomic mass is 9.98. The van der Waals surface area contributed by atoms with Gasteiger partial charge < -0.3 is 14.8 Å². The SMILES string of the molecule is CCCCOc1ccc(NC(=O)[C@@](C)(OCCC)C2CC2)c(C)n1. The Hall–Kier alpha value is -1.62. The Labute approximate surface area is 145 Å². The van der Waals surface area contributed by atoms with Gasteiger partial charge >= 0.3 is 0 Å². The molecule has 5 nitrogen and oxygen atoms in total. The second-order valence-electron chi connectivity index (χ2n) is 6.67. The van der Waals surface area contributed by atoms with Gasteiger partial charge in [0.2, 0.25) is 5.88 Å². The number of hydrogen-bond donors (Lipinski definition) is 1. The highest BCUT2D eigenvalue weighted by Crippen LogP contribution is 2.42. The summed E-state index contributed by atoms with van der Waals surface area (Å²) in [4.78, 5) is 17.2. The van der Waals surface area contributed by atoms with Crippen LogP contribution in [0.1, 0.15) is 58.6 Å².